The summed E-state index contributed by atoms with van der Waals surface area (Å²) in [5.74, 6) is -1.01. The van der Waals surface area contributed by atoms with E-state index in [0.717, 1.165) is 0 Å². The molecule has 1 unspecified atom stereocenters. The summed E-state index contributed by atoms with van der Waals surface area (Å²) in [6.45, 7) is 6.95. The Bertz CT molecular complexity index is 343. The average molecular weight is 287 g/mol. The summed E-state index contributed by atoms with van der Waals surface area (Å²) in [6, 6.07) is -0.965. The molecule has 7 nitrogen and oxygen atoms in total. The maximum Gasteiger partial charge on any atom is 0.317 e. The van der Waals surface area contributed by atoms with Gasteiger partial charge in [0.1, 0.15) is 6.04 Å². The van der Waals surface area contributed by atoms with Crippen molar-refractivity contribution in [2.45, 2.75) is 39.7 Å². The molecule has 3 amide bonds. The van der Waals surface area contributed by atoms with Crippen LogP contribution >= 0.6 is 0 Å². The van der Waals surface area contributed by atoms with Crippen molar-refractivity contribution in [3.8, 4) is 0 Å². The van der Waals surface area contributed by atoms with E-state index in [1.165, 1.54) is 4.90 Å². The minimum atomic E-state index is -0.885. The summed E-state index contributed by atoms with van der Waals surface area (Å²) in [5, 5.41) is 11.1. The van der Waals surface area contributed by atoms with Crippen LogP contribution in [0.4, 0.5) is 4.79 Å². The number of amides is 3. The van der Waals surface area contributed by atoms with Gasteiger partial charge in [-0.1, -0.05) is 0 Å². The molecule has 7 heteroatoms. The highest BCUT2D eigenvalue weighted by Crippen LogP contribution is 1.98. The first-order valence-corrected chi connectivity index (χ1v) is 6.85. The number of rotatable bonds is 8. The third kappa shape index (κ3) is 6.40. The smallest absolute Gasteiger partial charge is 0.317 e. The maximum atomic E-state index is 12.0. The molecule has 0 aliphatic heterocycles. The number of carbonyl (C=O) groups is 3. The van der Waals surface area contributed by atoms with Gasteiger partial charge < -0.3 is 20.2 Å². The fourth-order valence-corrected chi connectivity index (χ4v) is 1.74. The molecule has 0 aromatic carbocycles. The summed E-state index contributed by atoms with van der Waals surface area (Å²) in [5.41, 5.74) is 0. The highest BCUT2D eigenvalue weighted by atomic mass is 16.4. The monoisotopic (exact) mass is 287 g/mol. The van der Waals surface area contributed by atoms with Crippen LogP contribution < -0.4 is 5.32 Å². The zero-order chi connectivity index (χ0) is 15.7. The van der Waals surface area contributed by atoms with Crippen molar-refractivity contribution < 1.29 is 19.5 Å². The molecule has 0 rings (SSSR count). The van der Waals surface area contributed by atoms with Gasteiger partial charge in [0, 0.05) is 33.1 Å². The number of hydrogen-bond donors (Lipinski definition) is 2. The lowest BCUT2D eigenvalue weighted by molar-refractivity contribution is -0.137. The number of hydrogen-bond acceptors (Lipinski definition) is 3. The molecule has 0 saturated carbocycles. The molecule has 1 atom stereocenters. The van der Waals surface area contributed by atoms with E-state index >= 15 is 0 Å². The van der Waals surface area contributed by atoms with E-state index in [0.29, 0.717) is 26.1 Å². The molecule has 0 aromatic rings. The van der Waals surface area contributed by atoms with Gasteiger partial charge in [-0.15, -0.1) is 0 Å². The number of nitrogens with zero attached hydrogens (tertiary/aromatic N) is 2. The minimum absolute atomic E-state index is 0.0194. The van der Waals surface area contributed by atoms with Gasteiger partial charge in [0.25, 0.3) is 0 Å². The molecule has 0 aliphatic rings. The minimum Gasteiger partial charge on any atom is -0.481 e. The predicted octanol–water partition coefficient (Wildman–Crippen LogP) is 0.750. The van der Waals surface area contributed by atoms with E-state index in [1.54, 1.807) is 18.9 Å². The van der Waals surface area contributed by atoms with Crippen LogP contribution in [0, 0.1) is 0 Å². The third-order valence-corrected chi connectivity index (χ3v) is 3.02. The van der Waals surface area contributed by atoms with Crippen LogP contribution in [0.3, 0.4) is 0 Å². The Kier molecular flexibility index (Phi) is 8.35. The van der Waals surface area contributed by atoms with Gasteiger partial charge in [0.15, 0.2) is 0 Å². The lowest BCUT2D eigenvalue weighted by Crippen LogP contribution is -2.50. The van der Waals surface area contributed by atoms with Crippen molar-refractivity contribution in [2.75, 3.05) is 26.7 Å². The van der Waals surface area contributed by atoms with E-state index in [9.17, 15) is 14.4 Å². The van der Waals surface area contributed by atoms with Crippen LogP contribution in [0.1, 0.15) is 33.6 Å². The van der Waals surface area contributed by atoms with Crippen molar-refractivity contribution >= 4 is 17.9 Å². The molecule has 2 N–H and O–H groups in total. The van der Waals surface area contributed by atoms with E-state index in [1.807, 2.05) is 13.8 Å². The Morgan fingerprint density at radius 2 is 1.75 bits per heavy atom. The Balaban J connectivity index is 4.23. The first-order chi connectivity index (χ1) is 9.33. The van der Waals surface area contributed by atoms with Crippen molar-refractivity contribution in [1.82, 2.24) is 15.1 Å². The van der Waals surface area contributed by atoms with E-state index < -0.39 is 12.0 Å². The summed E-state index contributed by atoms with van der Waals surface area (Å²) in [4.78, 5) is 37.2. The van der Waals surface area contributed by atoms with Crippen LogP contribution in [-0.4, -0.2) is 65.5 Å². The van der Waals surface area contributed by atoms with Gasteiger partial charge in [-0.25, -0.2) is 4.79 Å². The second kappa shape index (κ2) is 9.17. The van der Waals surface area contributed by atoms with Crippen molar-refractivity contribution in [3.05, 3.63) is 0 Å². The number of carbonyl (C=O) groups excluding carboxylic acids is 2. The molecule has 0 bridgehead atoms. The number of carboxylic acids is 1. The molecule has 116 valence electrons. The van der Waals surface area contributed by atoms with Gasteiger partial charge in [0.2, 0.25) is 5.91 Å². The van der Waals surface area contributed by atoms with Gasteiger partial charge in [-0.05, 0) is 27.2 Å². The van der Waals surface area contributed by atoms with Crippen LogP contribution in [0.2, 0.25) is 0 Å². The van der Waals surface area contributed by atoms with E-state index in [4.69, 9.17) is 5.11 Å². The van der Waals surface area contributed by atoms with Crippen LogP contribution in [-0.2, 0) is 9.59 Å². The molecule has 0 spiro atoms. The Morgan fingerprint density at radius 1 is 1.20 bits per heavy atom. The molecule has 0 radical (unpaired) electrons. The third-order valence-electron chi connectivity index (χ3n) is 3.02. The topological polar surface area (TPSA) is 90.0 Å². The first kappa shape index (κ1) is 18.2. The average Bonchev–Trinajstić information content (AvgIpc) is 2.39. The molecule has 0 saturated heterocycles. The zero-order valence-electron chi connectivity index (χ0n) is 12.7. The Hall–Kier alpha value is -1.79. The van der Waals surface area contributed by atoms with Gasteiger partial charge in [0.05, 0.1) is 0 Å². The van der Waals surface area contributed by atoms with Gasteiger partial charge >= 0.3 is 12.0 Å². The number of nitrogens with one attached hydrogen (secondary N) is 1. The van der Waals surface area contributed by atoms with Gasteiger partial charge in [-0.3, -0.25) is 9.59 Å². The number of aliphatic carboxylic acids is 1. The fourth-order valence-electron chi connectivity index (χ4n) is 1.74. The quantitative estimate of drug-likeness (QED) is 0.689. The van der Waals surface area contributed by atoms with Gasteiger partial charge in [-0.2, -0.15) is 0 Å². The fraction of sp³-hybridized carbons (Fsp3) is 0.769. The lowest BCUT2D eigenvalue weighted by Gasteiger charge is -2.25. The summed E-state index contributed by atoms with van der Waals surface area (Å²) in [7, 11) is 1.58. The van der Waals surface area contributed by atoms with E-state index in [-0.39, 0.29) is 18.4 Å². The predicted molar refractivity (Wildman–Crippen MR) is 75.4 cm³/mol. The highest BCUT2D eigenvalue weighted by molar-refractivity contribution is 5.86. The number of carboxylic acid groups (broad SMARTS) is 1. The first-order valence-electron chi connectivity index (χ1n) is 6.85. The Labute approximate surface area is 119 Å². The van der Waals surface area contributed by atoms with Crippen molar-refractivity contribution in [2.24, 2.45) is 0 Å². The van der Waals surface area contributed by atoms with E-state index in [2.05, 4.69) is 5.32 Å². The molecule has 0 aliphatic carbocycles. The second-order valence-electron chi connectivity index (χ2n) is 4.60. The van der Waals surface area contributed by atoms with Crippen LogP contribution in [0.15, 0.2) is 0 Å². The number of likely N-dealkylation sites (N-methyl/N-ethyl adjacent to an activating group) is 1. The summed E-state index contributed by atoms with van der Waals surface area (Å²) < 4.78 is 0. The standard InChI is InChI=1S/C13H25N3O4/c1-5-16(6-2)12(19)10(3)14-13(20)15(4)9-7-8-11(17)18/h10H,5-9H2,1-4H3,(H,14,20)(H,17,18). The normalized spacial score (nSPS) is 11.6. The molecule has 0 heterocycles. The SMILES string of the molecule is CCN(CC)C(=O)C(C)NC(=O)N(C)CCCC(=O)O. The molecule has 20 heavy (non-hydrogen) atoms. The zero-order valence-corrected chi connectivity index (χ0v) is 12.7. The van der Waals surface area contributed by atoms with Crippen molar-refractivity contribution in [1.29, 1.82) is 0 Å². The molecular formula is C13H25N3O4. The summed E-state index contributed by atoms with van der Waals surface area (Å²) >= 11 is 0. The maximum absolute atomic E-state index is 12.0. The second-order valence-corrected chi connectivity index (χ2v) is 4.60. The summed E-state index contributed by atoms with van der Waals surface area (Å²) in [6.07, 6.45) is 0.406. The van der Waals surface area contributed by atoms with Crippen LogP contribution in [0.25, 0.3) is 0 Å². The number of urea groups is 1. The largest absolute Gasteiger partial charge is 0.481 e. The highest BCUT2D eigenvalue weighted by Gasteiger charge is 2.21. The van der Waals surface area contributed by atoms with Crippen molar-refractivity contribution in [3.63, 3.8) is 0 Å². The molecule has 0 fully saturated rings. The molecule has 0 aromatic heterocycles. The lowest BCUT2D eigenvalue weighted by atomic mass is 10.2. The molecular weight excluding hydrogens is 262 g/mol. The Morgan fingerprint density at radius 3 is 2.20 bits per heavy atom. The van der Waals surface area contributed by atoms with Crippen LogP contribution in [0.5, 0.6) is 0 Å².